The van der Waals surface area contributed by atoms with Gasteiger partial charge in [-0.15, -0.1) is 0 Å². The summed E-state index contributed by atoms with van der Waals surface area (Å²) in [5.41, 5.74) is 1.31. The van der Waals surface area contributed by atoms with Crippen LogP contribution in [0.1, 0.15) is 18.5 Å². The zero-order valence-electron chi connectivity index (χ0n) is 8.97. The maximum atomic E-state index is 3.43. The van der Waals surface area contributed by atoms with E-state index in [0.29, 0.717) is 0 Å². The third kappa shape index (κ3) is 5.04. The Hall–Kier alpha value is -0.800. The number of aromatic nitrogens is 1. The second kappa shape index (κ2) is 7.59. The maximum absolute atomic E-state index is 3.43. The van der Waals surface area contributed by atoms with Gasteiger partial charge in [-0.1, -0.05) is 0 Å². The molecule has 0 saturated carbocycles. The van der Waals surface area contributed by atoms with E-state index in [1.165, 1.54) is 18.5 Å². The van der Waals surface area contributed by atoms with Crippen LogP contribution in [0.25, 0.3) is 0 Å². The van der Waals surface area contributed by atoms with Crippen molar-refractivity contribution in [2.45, 2.75) is 19.3 Å². The van der Waals surface area contributed by atoms with Crippen molar-refractivity contribution in [2.24, 2.45) is 0 Å². The molecule has 0 fully saturated rings. The number of H-pyrrole nitrogens is 1. The normalized spacial score (nSPS) is 10.6. The van der Waals surface area contributed by atoms with E-state index in [1.807, 2.05) is 19.3 Å². The highest BCUT2D eigenvalue weighted by atomic mass is 14.9. The van der Waals surface area contributed by atoms with Crippen LogP contribution < -0.4 is 10.6 Å². The van der Waals surface area contributed by atoms with Crippen LogP contribution in [-0.4, -0.2) is 31.7 Å². The summed E-state index contributed by atoms with van der Waals surface area (Å²) in [6.07, 6.45) is 5.58. The first-order valence-electron chi connectivity index (χ1n) is 5.41. The predicted molar refractivity (Wildman–Crippen MR) is 60.5 cm³/mol. The van der Waals surface area contributed by atoms with Crippen LogP contribution in [-0.2, 0) is 6.42 Å². The average molecular weight is 195 g/mol. The van der Waals surface area contributed by atoms with Gasteiger partial charge in [0.25, 0.3) is 0 Å². The largest absolute Gasteiger partial charge is 0.365 e. The quantitative estimate of drug-likeness (QED) is 0.544. The van der Waals surface area contributed by atoms with Crippen LogP contribution in [0.15, 0.2) is 18.3 Å². The Labute approximate surface area is 86.3 Å². The number of aromatic amines is 1. The van der Waals surface area contributed by atoms with Crippen LogP contribution in [0, 0.1) is 0 Å². The topological polar surface area (TPSA) is 39.8 Å². The molecule has 0 atom stereocenters. The van der Waals surface area contributed by atoms with Gasteiger partial charge in [0.15, 0.2) is 0 Å². The van der Waals surface area contributed by atoms with Crippen molar-refractivity contribution >= 4 is 0 Å². The third-order valence-corrected chi connectivity index (χ3v) is 2.26. The summed E-state index contributed by atoms with van der Waals surface area (Å²) < 4.78 is 0. The summed E-state index contributed by atoms with van der Waals surface area (Å²) in [6, 6.07) is 4.17. The van der Waals surface area contributed by atoms with E-state index in [9.17, 15) is 0 Å². The van der Waals surface area contributed by atoms with Gasteiger partial charge in [-0.25, -0.2) is 0 Å². The van der Waals surface area contributed by atoms with Gasteiger partial charge >= 0.3 is 0 Å². The zero-order chi connectivity index (χ0) is 10.1. The Bertz CT molecular complexity index is 206. The third-order valence-electron chi connectivity index (χ3n) is 2.26. The highest BCUT2D eigenvalue weighted by Crippen LogP contribution is 1.94. The standard InChI is InChI=1S/C11H21N3/c1-12-7-2-3-8-13-10-6-11-5-4-9-14-11/h4-5,9,12-14H,2-3,6-8,10H2,1H3. The average Bonchev–Trinajstić information content (AvgIpc) is 2.69. The molecule has 14 heavy (non-hydrogen) atoms. The van der Waals surface area contributed by atoms with Gasteiger partial charge in [-0.05, 0) is 51.5 Å². The molecule has 0 amide bonds. The summed E-state index contributed by atoms with van der Waals surface area (Å²) in [4.78, 5) is 3.20. The minimum Gasteiger partial charge on any atom is -0.365 e. The molecule has 0 aromatic carbocycles. The molecule has 0 bridgehead atoms. The first-order valence-corrected chi connectivity index (χ1v) is 5.41. The van der Waals surface area contributed by atoms with Crippen LogP contribution in [0.4, 0.5) is 0 Å². The number of hydrogen-bond donors (Lipinski definition) is 3. The fourth-order valence-corrected chi connectivity index (χ4v) is 1.42. The summed E-state index contributed by atoms with van der Waals surface area (Å²) in [6.45, 7) is 3.32. The maximum Gasteiger partial charge on any atom is 0.0159 e. The fraction of sp³-hybridized carbons (Fsp3) is 0.636. The van der Waals surface area contributed by atoms with Crippen molar-refractivity contribution in [3.05, 3.63) is 24.0 Å². The molecule has 0 unspecified atom stereocenters. The van der Waals surface area contributed by atoms with E-state index in [0.717, 1.165) is 26.1 Å². The summed E-state index contributed by atoms with van der Waals surface area (Å²) in [5, 5.41) is 6.58. The van der Waals surface area contributed by atoms with Crippen molar-refractivity contribution in [3.8, 4) is 0 Å². The van der Waals surface area contributed by atoms with Crippen LogP contribution in [0.3, 0.4) is 0 Å². The van der Waals surface area contributed by atoms with Gasteiger partial charge in [-0.3, -0.25) is 0 Å². The lowest BCUT2D eigenvalue weighted by molar-refractivity contribution is 0.604. The molecule has 0 aliphatic heterocycles. The number of unbranched alkanes of at least 4 members (excludes halogenated alkanes) is 1. The SMILES string of the molecule is CNCCCCNCCc1ccc[nH]1. The van der Waals surface area contributed by atoms with Gasteiger partial charge in [0.05, 0.1) is 0 Å². The lowest BCUT2D eigenvalue weighted by Crippen LogP contribution is -2.19. The molecule has 3 nitrogen and oxygen atoms in total. The molecule has 1 heterocycles. The monoisotopic (exact) mass is 195 g/mol. The molecule has 3 N–H and O–H groups in total. The van der Waals surface area contributed by atoms with Crippen molar-refractivity contribution < 1.29 is 0 Å². The summed E-state index contributed by atoms with van der Waals surface area (Å²) >= 11 is 0. The summed E-state index contributed by atoms with van der Waals surface area (Å²) in [5.74, 6) is 0. The Kier molecular flexibility index (Phi) is 6.11. The molecule has 1 rings (SSSR count). The van der Waals surface area contributed by atoms with Crippen molar-refractivity contribution in [2.75, 3.05) is 26.7 Å². The number of hydrogen-bond acceptors (Lipinski definition) is 2. The second-order valence-electron chi connectivity index (χ2n) is 3.51. The smallest absolute Gasteiger partial charge is 0.0159 e. The Morgan fingerprint density at radius 2 is 2.07 bits per heavy atom. The molecule has 0 aliphatic carbocycles. The predicted octanol–water partition coefficient (Wildman–Crippen LogP) is 1.15. The minimum atomic E-state index is 1.07. The van der Waals surface area contributed by atoms with Gasteiger partial charge < -0.3 is 15.6 Å². The van der Waals surface area contributed by atoms with E-state index >= 15 is 0 Å². The van der Waals surface area contributed by atoms with Crippen molar-refractivity contribution in [1.82, 2.24) is 15.6 Å². The molecule has 1 aromatic heterocycles. The molecular weight excluding hydrogens is 174 g/mol. The molecular formula is C11H21N3. The molecule has 0 saturated heterocycles. The molecule has 3 heteroatoms. The van der Waals surface area contributed by atoms with Gasteiger partial charge in [0.1, 0.15) is 0 Å². The first-order chi connectivity index (χ1) is 6.93. The van der Waals surface area contributed by atoms with Crippen molar-refractivity contribution in [1.29, 1.82) is 0 Å². The molecule has 1 aromatic rings. The second-order valence-corrected chi connectivity index (χ2v) is 3.51. The molecule has 0 aliphatic rings. The number of rotatable bonds is 8. The molecule has 0 spiro atoms. The Morgan fingerprint density at radius 1 is 1.21 bits per heavy atom. The van der Waals surface area contributed by atoms with Gasteiger partial charge in [-0.2, -0.15) is 0 Å². The first kappa shape index (κ1) is 11.3. The minimum absolute atomic E-state index is 1.07. The van der Waals surface area contributed by atoms with Crippen LogP contribution >= 0.6 is 0 Å². The molecule has 0 radical (unpaired) electrons. The fourth-order valence-electron chi connectivity index (χ4n) is 1.42. The van der Waals surface area contributed by atoms with Gasteiger partial charge in [0, 0.05) is 18.4 Å². The van der Waals surface area contributed by atoms with Crippen LogP contribution in [0.2, 0.25) is 0 Å². The summed E-state index contributed by atoms with van der Waals surface area (Å²) in [7, 11) is 2.00. The van der Waals surface area contributed by atoms with E-state index in [-0.39, 0.29) is 0 Å². The van der Waals surface area contributed by atoms with E-state index < -0.39 is 0 Å². The highest BCUT2D eigenvalue weighted by Gasteiger charge is 1.92. The Morgan fingerprint density at radius 3 is 2.79 bits per heavy atom. The highest BCUT2D eigenvalue weighted by molar-refractivity contribution is 5.03. The lowest BCUT2D eigenvalue weighted by Gasteiger charge is -2.03. The Balaban J connectivity index is 1.85. The van der Waals surface area contributed by atoms with E-state index in [4.69, 9.17) is 0 Å². The lowest BCUT2D eigenvalue weighted by atomic mass is 10.3. The van der Waals surface area contributed by atoms with E-state index in [2.05, 4.69) is 21.7 Å². The number of nitrogens with one attached hydrogen (secondary N) is 3. The van der Waals surface area contributed by atoms with E-state index in [1.54, 1.807) is 0 Å². The van der Waals surface area contributed by atoms with Gasteiger partial charge in [0.2, 0.25) is 0 Å². The molecule has 80 valence electrons. The van der Waals surface area contributed by atoms with Crippen molar-refractivity contribution in [3.63, 3.8) is 0 Å². The zero-order valence-corrected chi connectivity index (χ0v) is 8.97. The van der Waals surface area contributed by atoms with Crippen LogP contribution in [0.5, 0.6) is 0 Å².